The van der Waals surface area contributed by atoms with Gasteiger partial charge in [-0.15, -0.1) is 0 Å². The molecule has 1 aromatic heterocycles. The van der Waals surface area contributed by atoms with Gasteiger partial charge in [-0.2, -0.15) is 0 Å². The highest BCUT2D eigenvalue weighted by Crippen LogP contribution is 2.21. The molecule has 0 spiro atoms. The summed E-state index contributed by atoms with van der Waals surface area (Å²) in [5, 5.41) is 3.82. The summed E-state index contributed by atoms with van der Waals surface area (Å²) >= 11 is 3.36. The molecule has 110 valence electrons. The van der Waals surface area contributed by atoms with Gasteiger partial charge in [0, 0.05) is 21.6 Å². The van der Waals surface area contributed by atoms with Crippen molar-refractivity contribution in [3.8, 4) is 0 Å². The van der Waals surface area contributed by atoms with Crippen molar-refractivity contribution in [3.05, 3.63) is 70.4 Å². The van der Waals surface area contributed by atoms with E-state index in [-0.39, 0.29) is 5.91 Å². The first kappa shape index (κ1) is 14.6. The number of rotatable bonds is 3. The average Bonchev–Trinajstić information content (AvgIpc) is 2.89. The van der Waals surface area contributed by atoms with E-state index in [2.05, 4.69) is 21.2 Å². The Morgan fingerprint density at radius 1 is 1.14 bits per heavy atom. The largest absolute Gasteiger partial charge is 0.457 e. The van der Waals surface area contributed by atoms with Gasteiger partial charge in [-0.05, 0) is 55.0 Å². The van der Waals surface area contributed by atoms with Gasteiger partial charge in [0.05, 0.1) is 0 Å². The first-order valence-electron chi connectivity index (χ1n) is 6.85. The average molecular weight is 356 g/mol. The fraction of sp³-hybridized carbons (Fsp3) is 0.0556. The lowest BCUT2D eigenvalue weighted by molar-refractivity contribution is -0.111. The lowest BCUT2D eigenvalue weighted by Gasteiger charge is -2.01. The molecule has 22 heavy (non-hydrogen) atoms. The summed E-state index contributed by atoms with van der Waals surface area (Å²) < 4.78 is 6.66. The Labute approximate surface area is 136 Å². The van der Waals surface area contributed by atoms with Crippen LogP contribution in [0.4, 0.5) is 5.69 Å². The number of amides is 1. The molecule has 3 nitrogen and oxygen atoms in total. The molecule has 0 radical (unpaired) electrons. The maximum atomic E-state index is 11.9. The maximum Gasteiger partial charge on any atom is 0.248 e. The molecule has 1 heterocycles. The monoisotopic (exact) mass is 355 g/mol. The molecule has 0 bridgehead atoms. The van der Waals surface area contributed by atoms with Crippen molar-refractivity contribution in [2.24, 2.45) is 0 Å². The smallest absolute Gasteiger partial charge is 0.248 e. The zero-order valence-corrected chi connectivity index (χ0v) is 13.6. The second kappa shape index (κ2) is 6.20. The van der Waals surface area contributed by atoms with E-state index in [0.717, 1.165) is 26.7 Å². The van der Waals surface area contributed by atoms with Crippen molar-refractivity contribution < 1.29 is 9.21 Å². The number of aryl methyl sites for hydroxylation is 1. The number of nitrogens with one attached hydrogen (secondary N) is 1. The minimum absolute atomic E-state index is 0.195. The van der Waals surface area contributed by atoms with Crippen LogP contribution in [0.1, 0.15) is 11.3 Å². The van der Waals surface area contributed by atoms with Gasteiger partial charge in [-0.1, -0.05) is 28.1 Å². The first-order chi connectivity index (χ1) is 10.6. The second-order valence-electron chi connectivity index (χ2n) is 5.02. The molecule has 0 saturated carbocycles. The van der Waals surface area contributed by atoms with Crippen molar-refractivity contribution in [1.82, 2.24) is 0 Å². The molecule has 3 aromatic rings. The van der Waals surface area contributed by atoms with E-state index in [4.69, 9.17) is 4.42 Å². The van der Waals surface area contributed by atoms with Gasteiger partial charge in [-0.3, -0.25) is 4.79 Å². The number of hydrogen-bond donors (Lipinski definition) is 1. The predicted octanol–water partition coefficient (Wildman–Crippen LogP) is 5.16. The molecule has 0 aliphatic rings. The van der Waals surface area contributed by atoms with Crippen LogP contribution in [0.2, 0.25) is 0 Å². The highest BCUT2D eigenvalue weighted by Gasteiger charge is 2.02. The molecule has 0 saturated heterocycles. The van der Waals surface area contributed by atoms with E-state index >= 15 is 0 Å². The van der Waals surface area contributed by atoms with Crippen LogP contribution in [0, 0.1) is 6.92 Å². The second-order valence-corrected chi connectivity index (χ2v) is 5.94. The van der Waals surface area contributed by atoms with Crippen LogP contribution in [-0.2, 0) is 4.79 Å². The number of anilines is 1. The summed E-state index contributed by atoms with van der Waals surface area (Å²) in [6, 6.07) is 15.4. The van der Waals surface area contributed by atoms with E-state index in [1.54, 1.807) is 6.08 Å². The molecule has 0 aliphatic heterocycles. The van der Waals surface area contributed by atoms with Crippen molar-refractivity contribution in [2.45, 2.75) is 6.92 Å². The van der Waals surface area contributed by atoms with Crippen molar-refractivity contribution in [2.75, 3.05) is 5.32 Å². The van der Waals surface area contributed by atoms with Gasteiger partial charge in [0.15, 0.2) is 0 Å². The summed E-state index contributed by atoms with van der Waals surface area (Å²) in [6.07, 6.45) is 3.14. The summed E-state index contributed by atoms with van der Waals surface area (Å²) in [7, 11) is 0. The third-order valence-corrected chi connectivity index (χ3v) is 3.73. The van der Waals surface area contributed by atoms with Crippen LogP contribution >= 0.6 is 15.9 Å². The third kappa shape index (κ3) is 3.46. The zero-order valence-electron chi connectivity index (χ0n) is 12.0. The Morgan fingerprint density at radius 3 is 2.68 bits per heavy atom. The van der Waals surface area contributed by atoms with Crippen molar-refractivity contribution in [1.29, 1.82) is 0 Å². The van der Waals surface area contributed by atoms with E-state index in [9.17, 15) is 4.79 Å². The molecule has 1 N–H and O–H groups in total. The molecular weight excluding hydrogens is 342 g/mol. The van der Waals surface area contributed by atoms with Crippen molar-refractivity contribution in [3.63, 3.8) is 0 Å². The van der Waals surface area contributed by atoms with E-state index in [0.29, 0.717) is 5.76 Å². The molecular formula is C18H14BrNO2. The van der Waals surface area contributed by atoms with Gasteiger partial charge < -0.3 is 9.73 Å². The summed E-state index contributed by atoms with van der Waals surface area (Å²) in [4.78, 5) is 11.9. The normalized spacial score (nSPS) is 11.2. The lowest BCUT2D eigenvalue weighted by atomic mass is 10.2. The van der Waals surface area contributed by atoms with Gasteiger partial charge in [0.25, 0.3) is 0 Å². The van der Waals surface area contributed by atoms with E-state index in [1.165, 1.54) is 6.08 Å². The minimum atomic E-state index is -0.195. The lowest BCUT2D eigenvalue weighted by Crippen LogP contribution is -2.07. The summed E-state index contributed by atoms with van der Waals surface area (Å²) in [5.41, 5.74) is 2.72. The molecule has 0 unspecified atom stereocenters. The van der Waals surface area contributed by atoms with Crippen molar-refractivity contribution >= 4 is 44.6 Å². The molecule has 0 fully saturated rings. The molecule has 4 heteroatoms. The predicted molar refractivity (Wildman–Crippen MR) is 92.8 cm³/mol. The number of hydrogen-bond acceptors (Lipinski definition) is 2. The maximum absolute atomic E-state index is 11.9. The summed E-state index contributed by atoms with van der Waals surface area (Å²) in [6.45, 7) is 2.02. The first-order valence-corrected chi connectivity index (χ1v) is 7.64. The highest BCUT2D eigenvalue weighted by molar-refractivity contribution is 9.10. The van der Waals surface area contributed by atoms with Gasteiger partial charge >= 0.3 is 0 Å². The third-order valence-electron chi connectivity index (χ3n) is 3.21. The Bertz CT molecular complexity index is 847. The van der Waals surface area contributed by atoms with Crippen LogP contribution in [0.25, 0.3) is 17.0 Å². The SMILES string of the molecule is Cc1ccc2cc(/C=C/C(=O)Nc3ccc(Br)cc3)oc2c1. The van der Waals surface area contributed by atoms with Gasteiger partial charge in [0.2, 0.25) is 5.91 Å². The number of halogens is 1. The number of furan rings is 1. The molecule has 1 amide bonds. The fourth-order valence-electron chi connectivity index (χ4n) is 2.12. The van der Waals surface area contributed by atoms with Crippen LogP contribution in [0.5, 0.6) is 0 Å². The van der Waals surface area contributed by atoms with Gasteiger partial charge in [-0.25, -0.2) is 0 Å². The highest BCUT2D eigenvalue weighted by atomic mass is 79.9. The Morgan fingerprint density at radius 2 is 1.91 bits per heavy atom. The standard InChI is InChI=1S/C18H14BrNO2/c1-12-2-3-13-11-16(22-17(13)10-12)8-9-18(21)20-15-6-4-14(19)5-7-15/h2-11H,1H3,(H,20,21)/b9-8+. The van der Waals surface area contributed by atoms with E-state index in [1.807, 2.05) is 55.5 Å². The number of benzene rings is 2. The molecule has 2 aromatic carbocycles. The van der Waals surface area contributed by atoms with Crippen LogP contribution in [-0.4, -0.2) is 5.91 Å². The molecule has 0 aliphatic carbocycles. The molecule has 0 atom stereocenters. The Balaban J connectivity index is 1.71. The number of carbonyl (C=O) groups is 1. The quantitative estimate of drug-likeness (QED) is 0.659. The Kier molecular flexibility index (Phi) is 4.11. The zero-order chi connectivity index (χ0) is 15.5. The number of carbonyl (C=O) groups excluding carboxylic acids is 1. The fourth-order valence-corrected chi connectivity index (χ4v) is 2.38. The number of fused-ring (bicyclic) bond motifs is 1. The van der Waals surface area contributed by atoms with Crippen LogP contribution in [0.3, 0.4) is 0 Å². The van der Waals surface area contributed by atoms with Crippen LogP contribution < -0.4 is 5.32 Å². The topological polar surface area (TPSA) is 42.2 Å². The Hall–Kier alpha value is -2.33. The van der Waals surface area contributed by atoms with Gasteiger partial charge in [0.1, 0.15) is 11.3 Å². The minimum Gasteiger partial charge on any atom is -0.457 e. The van der Waals surface area contributed by atoms with Crippen LogP contribution in [0.15, 0.2) is 63.5 Å². The molecule has 3 rings (SSSR count). The summed E-state index contributed by atoms with van der Waals surface area (Å²) in [5.74, 6) is 0.463. The van der Waals surface area contributed by atoms with E-state index < -0.39 is 0 Å².